The van der Waals surface area contributed by atoms with Crippen molar-refractivity contribution in [3.8, 4) is 11.1 Å². The van der Waals surface area contributed by atoms with Gasteiger partial charge in [0.1, 0.15) is 5.69 Å². The minimum absolute atomic E-state index is 0.0257. The van der Waals surface area contributed by atoms with Crippen molar-refractivity contribution < 1.29 is 23.1 Å². The molecule has 0 aliphatic rings. The van der Waals surface area contributed by atoms with E-state index < -0.39 is 27.8 Å². The fraction of sp³-hybridized carbons (Fsp3) is 0.121. The number of carbonyl (C=O) groups excluding carboxylic acids is 1. The second-order valence-electron chi connectivity index (χ2n) is 9.78. The number of aromatic carboxylic acids is 1. The molecule has 8 nitrogen and oxygen atoms in total. The number of aryl methyl sites for hydroxylation is 1. The number of H-pyrrole nitrogens is 1. The number of nitrogens with one attached hydrogen (secondary N) is 2. The molecule has 212 valence electrons. The minimum Gasteiger partial charge on any atom is -0.477 e. The molecule has 1 aromatic heterocycles. The first kappa shape index (κ1) is 28.5. The maximum absolute atomic E-state index is 13.7. The number of nitrogens with zero attached hydrogens (tertiary/aromatic N) is 1. The van der Waals surface area contributed by atoms with E-state index in [9.17, 15) is 23.1 Å². The van der Waals surface area contributed by atoms with Gasteiger partial charge in [0.25, 0.3) is 10.0 Å². The quantitative estimate of drug-likeness (QED) is 0.199. The van der Waals surface area contributed by atoms with Crippen molar-refractivity contribution in [1.82, 2.24) is 14.9 Å². The molecule has 42 heavy (non-hydrogen) atoms. The van der Waals surface area contributed by atoms with Gasteiger partial charge in [-0.15, -0.1) is 0 Å². The summed E-state index contributed by atoms with van der Waals surface area (Å²) in [7, 11) is -4.25. The van der Waals surface area contributed by atoms with E-state index in [2.05, 4.69) is 14.9 Å². The van der Waals surface area contributed by atoms with Crippen molar-refractivity contribution in [2.45, 2.75) is 30.6 Å². The van der Waals surface area contributed by atoms with Gasteiger partial charge >= 0.3 is 5.97 Å². The average molecular weight is 580 g/mol. The smallest absolute Gasteiger partial charge is 0.354 e. The normalized spacial score (nSPS) is 11.4. The van der Waals surface area contributed by atoms with Gasteiger partial charge < -0.3 is 5.11 Å². The van der Waals surface area contributed by atoms with E-state index in [1.807, 2.05) is 55.5 Å². The zero-order valence-corrected chi connectivity index (χ0v) is 23.6. The number of carboxylic acids is 1. The summed E-state index contributed by atoms with van der Waals surface area (Å²) in [4.78, 5) is 25.2. The third-order valence-corrected chi connectivity index (χ3v) is 8.49. The number of hydrogen-bond donors (Lipinski definition) is 3. The molecule has 3 N–H and O–H groups in total. The van der Waals surface area contributed by atoms with Gasteiger partial charge in [0.15, 0.2) is 0 Å². The summed E-state index contributed by atoms with van der Waals surface area (Å²) in [5, 5.41) is 16.2. The summed E-state index contributed by atoms with van der Waals surface area (Å²) >= 11 is 0. The Bertz CT molecular complexity index is 1780. The lowest BCUT2D eigenvalue weighted by Crippen LogP contribution is -2.35. The summed E-state index contributed by atoms with van der Waals surface area (Å²) in [6, 6.07) is 31.8. The van der Waals surface area contributed by atoms with Crippen LogP contribution in [0.5, 0.6) is 0 Å². The second kappa shape index (κ2) is 12.2. The van der Waals surface area contributed by atoms with Gasteiger partial charge in [-0.25, -0.2) is 17.9 Å². The first-order valence-corrected chi connectivity index (χ1v) is 14.9. The highest BCUT2D eigenvalue weighted by Gasteiger charge is 2.29. The van der Waals surface area contributed by atoms with Crippen LogP contribution in [0, 0.1) is 0 Å². The van der Waals surface area contributed by atoms with E-state index in [-0.39, 0.29) is 10.6 Å². The van der Waals surface area contributed by atoms with E-state index in [1.165, 1.54) is 6.07 Å². The topological polar surface area (TPSA) is 129 Å². The molecule has 0 aliphatic heterocycles. The van der Waals surface area contributed by atoms with E-state index in [1.54, 1.807) is 54.6 Å². The highest BCUT2D eigenvalue weighted by molar-refractivity contribution is 7.90. The zero-order chi connectivity index (χ0) is 29.7. The molecule has 0 bridgehead atoms. The monoisotopic (exact) mass is 579 g/mol. The molecular weight excluding hydrogens is 550 g/mol. The van der Waals surface area contributed by atoms with Crippen LogP contribution >= 0.6 is 0 Å². The molecule has 5 aromatic rings. The van der Waals surface area contributed by atoms with Gasteiger partial charge in [0.05, 0.1) is 16.5 Å². The largest absolute Gasteiger partial charge is 0.477 e. The van der Waals surface area contributed by atoms with Crippen LogP contribution in [-0.2, 0) is 27.7 Å². The summed E-state index contributed by atoms with van der Waals surface area (Å²) in [6.45, 7) is 1.91. The molecule has 0 saturated heterocycles. The predicted molar refractivity (Wildman–Crippen MR) is 160 cm³/mol. The van der Waals surface area contributed by atoms with E-state index in [0.717, 1.165) is 5.56 Å². The average Bonchev–Trinajstić information content (AvgIpc) is 3.41. The van der Waals surface area contributed by atoms with Gasteiger partial charge in [-0.2, -0.15) is 5.10 Å². The predicted octanol–water partition coefficient (Wildman–Crippen LogP) is 5.57. The highest BCUT2D eigenvalue weighted by Crippen LogP contribution is 2.30. The van der Waals surface area contributed by atoms with Gasteiger partial charge in [0.2, 0.25) is 5.91 Å². The number of amides is 1. The molecule has 0 aliphatic carbocycles. The van der Waals surface area contributed by atoms with E-state index in [0.29, 0.717) is 46.4 Å². The van der Waals surface area contributed by atoms with Crippen LogP contribution in [0.15, 0.2) is 114 Å². The third-order valence-electron chi connectivity index (χ3n) is 7.09. The summed E-state index contributed by atoms with van der Waals surface area (Å²) in [5.74, 6) is -2.55. The number of carboxylic acid groups (broad SMARTS) is 1. The first-order valence-electron chi connectivity index (χ1n) is 13.4. The van der Waals surface area contributed by atoms with Crippen molar-refractivity contribution >= 4 is 21.9 Å². The SMILES string of the molecule is CCc1n[nH]c(C(=O)O)c1Cc1ccc(-c2ccccc2S(=O)(=O)NC(=O)C(c2ccccc2)c2ccccc2)cc1. The van der Waals surface area contributed by atoms with Crippen molar-refractivity contribution in [3.63, 3.8) is 0 Å². The molecule has 0 fully saturated rings. The van der Waals surface area contributed by atoms with E-state index >= 15 is 0 Å². The van der Waals surface area contributed by atoms with Crippen molar-refractivity contribution in [2.24, 2.45) is 0 Å². The lowest BCUT2D eigenvalue weighted by atomic mass is 9.91. The van der Waals surface area contributed by atoms with Crippen molar-refractivity contribution in [1.29, 1.82) is 0 Å². The standard InChI is InChI=1S/C33H29N3O5S/c1-2-28-27(31(33(38)39)35-34-28)21-22-17-19-23(20-18-22)26-15-9-10-16-29(26)42(40,41)36-32(37)30(24-11-5-3-6-12-24)25-13-7-4-8-14-25/h3-20,30H,2,21H2,1H3,(H,34,35)(H,36,37)(H,38,39). The van der Waals surface area contributed by atoms with Crippen LogP contribution in [0.2, 0.25) is 0 Å². The molecule has 0 spiro atoms. The molecule has 5 rings (SSSR count). The molecule has 1 amide bonds. The fourth-order valence-electron chi connectivity index (χ4n) is 5.04. The van der Waals surface area contributed by atoms with Gasteiger partial charge in [0, 0.05) is 17.5 Å². The molecule has 0 radical (unpaired) electrons. The Morgan fingerprint density at radius 2 is 1.40 bits per heavy atom. The number of aromatic amines is 1. The van der Waals surface area contributed by atoms with E-state index in [4.69, 9.17) is 0 Å². The van der Waals surface area contributed by atoms with Crippen LogP contribution in [-0.4, -0.2) is 35.6 Å². The number of benzene rings is 4. The molecular formula is C33H29N3O5S. The molecule has 0 saturated carbocycles. The fourth-order valence-corrected chi connectivity index (χ4v) is 6.27. The van der Waals surface area contributed by atoms with Crippen LogP contribution in [0.4, 0.5) is 0 Å². The Kier molecular flexibility index (Phi) is 8.31. The molecule has 0 unspecified atom stereocenters. The number of aromatic nitrogens is 2. The zero-order valence-electron chi connectivity index (χ0n) is 22.8. The van der Waals surface area contributed by atoms with Crippen LogP contribution in [0.1, 0.15) is 51.3 Å². The molecule has 4 aromatic carbocycles. The Labute approximate surface area is 244 Å². The number of carbonyl (C=O) groups is 2. The van der Waals surface area contributed by atoms with Gasteiger partial charge in [-0.3, -0.25) is 9.89 Å². The molecule has 1 heterocycles. The number of rotatable bonds is 10. The maximum Gasteiger partial charge on any atom is 0.354 e. The van der Waals surface area contributed by atoms with Crippen LogP contribution in [0.3, 0.4) is 0 Å². The summed E-state index contributed by atoms with van der Waals surface area (Å²) in [6.07, 6.45) is 0.946. The lowest BCUT2D eigenvalue weighted by molar-refractivity contribution is -0.119. The number of sulfonamides is 1. The Morgan fingerprint density at radius 1 is 0.833 bits per heavy atom. The van der Waals surface area contributed by atoms with Crippen molar-refractivity contribution in [2.75, 3.05) is 0 Å². The Hall–Kier alpha value is -5.02. The maximum atomic E-state index is 13.7. The van der Waals surface area contributed by atoms with Gasteiger partial charge in [-0.05, 0) is 34.7 Å². The minimum atomic E-state index is -4.25. The molecule has 9 heteroatoms. The van der Waals surface area contributed by atoms with Crippen molar-refractivity contribution in [3.05, 3.63) is 143 Å². The van der Waals surface area contributed by atoms with Gasteiger partial charge in [-0.1, -0.05) is 110 Å². The second-order valence-corrected chi connectivity index (χ2v) is 11.4. The molecule has 0 atom stereocenters. The summed E-state index contributed by atoms with van der Waals surface area (Å²) in [5.41, 5.74) is 4.64. The van der Waals surface area contributed by atoms with Crippen LogP contribution < -0.4 is 4.72 Å². The number of hydrogen-bond acceptors (Lipinski definition) is 5. The first-order chi connectivity index (χ1) is 20.3. The highest BCUT2D eigenvalue weighted by atomic mass is 32.2. The lowest BCUT2D eigenvalue weighted by Gasteiger charge is -2.19. The third kappa shape index (κ3) is 6.01. The Balaban J connectivity index is 1.43. The van der Waals surface area contributed by atoms with Crippen LogP contribution in [0.25, 0.3) is 11.1 Å². The Morgan fingerprint density at radius 3 is 1.98 bits per heavy atom. The summed E-state index contributed by atoms with van der Waals surface area (Å²) < 4.78 is 29.6.